The number of rotatable bonds is 5. The van der Waals surface area contributed by atoms with Crippen molar-refractivity contribution < 1.29 is 0 Å². The summed E-state index contributed by atoms with van der Waals surface area (Å²) in [5.41, 5.74) is 1.12. The van der Waals surface area contributed by atoms with Crippen LogP contribution in [0.3, 0.4) is 0 Å². The van der Waals surface area contributed by atoms with Crippen LogP contribution in [0.15, 0.2) is 18.3 Å². The summed E-state index contributed by atoms with van der Waals surface area (Å²) in [5.74, 6) is 1.68. The van der Waals surface area contributed by atoms with Gasteiger partial charge in [-0.05, 0) is 31.5 Å². The molecule has 2 N–H and O–H groups in total. The standard InChI is InChI=1S/C13H19N3S/c1-9(2)6-14-8-13-15-7-11(16-13)12-5-4-10(3)17-12/h4-5,7,9,14H,6,8H2,1-3H3,(H,15,16). The predicted molar refractivity (Wildman–Crippen MR) is 73.2 cm³/mol. The van der Waals surface area contributed by atoms with Crippen LogP contribution < -0.4 is 5.32 Å². The van der Waals surface area contributed by atoms with Gasteiger partial charge in [0.2, 0.25) is 0 Å². The van der Waals surface area contributed by atoms with Gasteiger partial charge in [-0.3, -0.25) is 0 Å². The quantitative estimate of drug-likeness (QED) is 0.854. The molecular formula is C13H19N3S. The molecule has 0 fully saturated rings. The molecule has 0 radical (unpaired) electrons. The summed E-state index contributed by atoms with van der Waals surface area (Å²) in [6, 6.07) is 4.27. The Kier molecular flexibility index (Phi) is 3.97. The van der Waals surface area contributed by atoms with Crippen molar-refractivity contribution in [3.63, 3.8) is 0 Å². The highest BCUT2D eigenvalue weighted by molar-refractivity contribution is 7.15. The van der Waals surface area contributed by atoms with E-state index in [1.807, 2.05) is 6.20 Å². The molecule has 0 bridgehead atoms. The molecule has 3 nitrogen and oxygen atoms in total. The minimum absolute atomic E-state index is 0.671. The molecule has 2 heterocycles. The number of aromatic nitrogens is 2. The van der Waals surface area contributed by atoms with Crippen LogP contribution in [-0.2, 0) is 6.54 Å². The van der Waals surface area contributed by atoms with Gasteiger partial charge in [-0.2, -0.15) is 0 Å². The lowest BCUT2D eigenvalue weighted by Gasteiger charge is -2.04. The highest BCUT2D eigenvalue weighted by Crippen LogP contribution is 2.25. The lowest BCUT2D eigenvalue weighted by Crippen LogP contribution is -2.19. The molecule has 2 aromatic heterocycles. The summed E-state index contributed by atoms with van der Waals surface area (Å²) in [7, 11) is 0. The van der Waals surface area contributed by atoms with E-state index in [2.05, 4.69) is 48.2 Å². The molecule has 4 heteroatoms. The Labute approximate surface area is 106 Å². The van der Waals surface area contributed by atoms with Gasteiger partial charge < -0.3 is 10.3 Å². The van der Waals surface area contributed by atoms with E-state index in [0.717, 1.165) is 24.6 Å². The van der Waals surface area contributed by atoms with Gasteiger partial charge in [0.15, 0.2) is 0 Å². The number of thiophene rings is 1. The first-order valence-corrected chi connectivity index (χ1v) is 6.78. The summed E-state index contributed by atoms with van der Waals surface area (Å²) in [5, 5.41) is 3.38. The number of nitrogens with one attached hydrogen (secondary N) is 2. The third kappa shape index (κ3) is 3.41. The van der Waals surface area contributed by atoms with Crippen molar-refractivity contribution in [1.29, 1.82) is 0 Å². The maximum Gasteiger partial charge on any atom is 0.120 e. The molecule has 0 atom stereocenters. The second-order valence-corrected chi connectivity index (χ2v) is 5.97. The Hall–Kier alpha value is -1.13. The topological polar surface area (TPSA) is 40.7 Å². The van der Waals surface area contributed by atoms with Gasteiger partial charge in [0.25, 0.3) is 0 Å². The summed E-state index contributed by atoms with van der Waals surface area (Å²) >= 11 is 1.79. The van der Waals surface area contributed by atoms with E-state index in [4.69, 9.17) is 0 Å². The molecule has 0 spiro atoms. The lowest BCUT2D eigenvalue weighted by molar-refractivity contribution is 0.545. The molecule has 0 saturated carbocycles. The molecule has 0 aliphatic carbocycles. The van der Waals surface area contributed by atoms with Gasteiger partial charge in [-0.15, -0.1) is 11.3 Å². The van der Waals surface area contributed by atoms with Crippen molar-refractivity contribution in [1.82, 2.24) is 15.3 Å². The van der Waals surface area contributed by atoms with Crippen LogP contribution in [0.5, 0.6) is 0 Å². The molecule has 0 aliphatic heterocycles. The number of hydrogen-bond acceptors (Lipinski definition) is 3. The normalized spacial score (nSPS) is 11.3. The molecule has 17 heavy (non-hydrogen) atoms. The van der Waals surface area contributed by atoms with Gasteiger partial charge in [0.05, 0.1) is 23.3 Å². The average Bonchev–Trinajstić information content (AvgIpc) is 2.86. The van der Waals surface area contributed by atoms with E-state index in [0.29, 0.717) is 5.92 Å². The van der Waals surface area contributed by atoms with Crippen molar-refractivity contribution in [3.8, 4) is 10.6 Å². The lowest BCUT2D eigenvalue weighted by atomic mass is 10.2. The van der Waals surface area contributed by atoms with E-state index in [1.165, 1.54) is 9.75 Å². The number of aryl methyl sites for hydroxylation is 1. The Bertz CT molecular complexity index is 470. The fourth-order valence-corrected chi connectivity index (χ4v) is 2.47. The number of hydrogen-bond donors (Lipinski definition) is 2. The molecule has 0 saturated heterocycles. The van der Waals surface area contributed by atoms with Gasteiger partial charge in [0.1, 0.15) is 5.82 Å². The van der Waals surface area contributed by atoms with Crippen LogP contribution in [0.4, 0.5) is 0 Å². The second kappa shape index (κ2) is 5.47. The highest BCUT2D eigenvalue weighted by atomic mass is 32.1. The fourth-order valence-electron chi connectivity index (χ4n) is 1.64. The Morgan fingerprint density at radius 2 is 2.24 bits per heavy atom. The second-order valence-electron chi connectivity index (χ2n) is 4.68. The first kappa shape index (κ1) is 12.3. The SMILES string of the molecule is Cc1ccc(-c2cnc(CNCC(C)C)[nH]2)s1. The third-order valence-electron chi connectivity index (χ3n) is 2.48. The molecule has 0 aliphatic rings. The fraction of sp³-hybridized carbons (Fsp3) is 0.462. The van der Waals surface area contributed by atoms with Crippen LogP contribution in [-0.4, -0.2) is 16.5 Å². The zero-order chi connectivity index (χ0) is 12.3. The number of nitrogens with zero attached hydrogens (tertiary/aromatic N) is 1. The Morgan fingerprint density at radius 3 is 2.88 bits per heavy atom. The van der Waals surface area contributed by atoms with Gasteiger partial charge >= 0.3 is 0 Å². The zero-order valence-electron chi connectivity index (χ0n) is 10.6. The summed E-state index contributed by atoms with van der Waals surface area (Å²) in [6.07, 6.45) is 1.91. The van der Waals surface area contributed by atoms with Crippen molar-refractivity contribution in [2.75, 3.05) is 6.54 Å². The smallest absolute Gasteiger partial charge is 0.120 e. The van der Waals surface area contributed by atoms with E-state index in [1.54, 1.807) is 11.3 Å². The van der Waals surface area contributed by atoms with Gasteiger partial charge in [-0.1, -0.05) is 13.8 Å². The highest BCUT2D eigenvalue weighted by Gasteiger charge is 2.05. The van der Waals surface area contributed by atoms with Crippen molar-refractivity contribution in [2.24, 2.45) is 5.92 Å². The minimum atomic E-state index is 0.671. The van der Waals surface area contributed by atoms with Crippen molar-refractivity contribution in [2.45, 2.75) is 27.3 Å². The van der Waals surface area contributed by atoms with Crippen LogP contribution in [0.2, 0.25) is 0 Å². The summed E-state index contributed by atoms with van der Waals surface area (Å²) < 4.78 is 0. The van der Waals surface area contributed by atoms with Crippen molar-refractivity contribution >= 4 is 11.3 Å². The number of aromatic amines is 1. The van der Waals surface area contributed by atoms with E-state index >= 15 is 0 Å². The summed E-state index contributed by atoms with van der Waals surface area (Å²) in [6.45, 7) is 8.36. The monoisotopic (exact) mass is 249 g/mol. The number of H-pyrrole nitrogens is 1. The molecule has 0 amide bonds. The van der Waals surface area contributed by atoms with Crippen molar-refractivity contribution in [3.05, 3.63) is 29.0 Å². The van der Waals surface area contributed by atoms with Crippen LogP contribution >= 0.6 is 11.3 Å². The van der Waals surface area contributed by atoms with E-state index in [9.17, 15) is 0 Å². The van der Waals surface area contributed by atoms with Gasteiger partial charge in [-0.25, -0.2) is 4.98 Å². The zero-order valence-corrected chi connectivity index (χ0v) is 11.4. The van der Waals surface area contributed by atoms with Crippen LogP contribution in [0.25, 0.3) is 10.6 Å². The van der Waals surface area contributed by atoms with E-state index < -0.39 is 0 Å². The Balaban J connectivity index is 1.96. The average molecular weight is 249 g/mol. The molecule has 0 unspecified atom stereocenters. The van der Waals surface area contributed by atoms with Crippen LogP contribution in [0, 0.1) is 12.8 Å². The first-order chi connectivity index (χ1) is 8.15. The third-order valence-corrected chi connectivity index (χ3v) is 3.51. The Morgan fingerprint density at radius 1 is 1.41 bits per heavy atom. The molecule has 92 valence electrons. The van der Waals surface area contributed by atoms with E-state index in [-0.39, 0.29) is 0 Å². The van der Waals surface area contributed by atoms with Gasteiger partial charge in [0, 0.05) is 4.88 Å². The predicted octanol–water partition coefficient (Wildman–Crippen LogP) is 3.19. The maximum atomic E-state index is 4.39. The summed E-state index contributed by atoms with van der Waals surface area (Å²) in [4.78, 5) is 10.3. The largest absolute Gasteiger partial charge is 0.340 e. The first-order valence-electron chi connectivity index (χ1n) is 5.96. The number of imidazole rings is 1. The molecule has 0 aromatic carbocycles. The van der Waals surface area contributed by atoms with Crippen LogP contribution in [0.1, 0.15) is 24.5 Å². The maximum absolute atomic E-state index is 4.39. The molecular weight excluding hydrogens is 230 g/mol. The molecule has 2 aromatic rings. The minimum Gasteiger partial charge on any atom is -0.340 e. The molecule has 2 rings (SSSR count).